The lowest BCUT2D eigenvalue weighted by Gasteiger charge is -2.28. The largest absolute Gasteiger partial charge is 0.296 e. The van der Waals surface area contributed by atoms with E-state index in [0.717, 1.165) is 0 Å². The minimum absolute atomic E-state index is 0.127. The molecule has 2 aliphatic heterocycles. The Morgan fingerprint density at radius 2 is 2.00 bits per heavy atom. The summed E-state index contributed by atoms with van der Waals surface area (Å²) in [6.07, 6.45) is 0.693. The molecule has 0 bridgehead atoms. The van der Waals surface area contributed by atoms with Crippen LogP contribution >= 0.6 is 0 Å². The van der Waals surface area contributed by atoms with Gasteiger partial charge >= 0.3 is 0 Å². The Hall–Kier alpha value is -0.940. The number of carbonyl (C=O) groups is 2. The first-order valence-corrected chi connectivity index (χ1v) is 4.03. The van der Waals surface area contributed by atoms with Crippen molar-refractivity contribution in [3.63, 3.8) is 0 Å². The second-order valence-electron chi connectivity index (χ2n) is 3.35. The summed E-state index contributed by atoms with van der Waals surface area (Å²) in [6.45, 7) is 1.20. The summed E-state index contributed by atoms with van der Waals surface area (Å²) in [5, 5.41) is 3.92. The Morgan fingerprint density at radius 3 is 2.75 bits per heavy atom. The topological polar surface area (TPSA) is 75.4 Å². The summed E-state index contributed by atoms with van der Waals surface area (Å²) >= 11 is 0. The summed E-state index contributed by atoms with van der Waals surface area (Å²) in [4.78, 5) is 22.3. The maximum absolute atomic E-state index is 11.2. The van der Waals surface area contributed by atoms with E-state index in [2.05, 4.69) is 5.32 Å². The molecule has 2 rings (SSSR count). The number of hydrogen-bond acceptors (Lipinski definition) is 4. The number of fused-ring (bicyclic) bond motifs is 1. The molecule has 2 aliphatic rings. The number of hydrazine groups is 1. The standard InChI is InChI=1S/C7H11N3O2/c8-10-2-1-4-5(3-10)7(12)9-6(4)11/h4-5H,1-3,8H2,(H,9,11,12)/t4-,5+/m1/s1. The van der Waals surface area contributed by atoms with Crippen LogP contribution in [0.2, 0.25) is 0 Å². The van der Waals surface area contributed by atoms with Crippen LogP contribution in [0.3, 0.4) is 0 Å². The van der Waals surface area contributed by atoms with E-state index < -0.39 is 0 Å². The molecule has 0 aromatic heterocycles. The third kappa shape index (κ3) is 1.02. The van der Waals surface area contributed by atoms with Crippen molar-refractivity contribution in [2.75, 3.05) is 13.1 Å². The van der Waals surface area contributed by atoms with Gasteiger partial charge in [-0.25, -0.2) is 5.01 Å². The second kappa shape index (κ2) is 2.53. The van der Waals surface area contributed by atoms with E-state index in [9.17, 15) is 9.59 Å². The van der Waals surface area contributed by atoms with Gasteiger partial charge in [-0.15, -0.1) is 0 Å². The zero-order chi connectivity index (χ0) is 8.72. The fourth-order valence-electron chi connectivity index (χ4n) is 1.86. The van der Waals surface area contributed by atoms with Gasteiger partial charge in [-0.05, 0) is 6.42 Å². The fourth-order valence-corrected chi connectivity index (χ4v) is 1.86. The Bertz CT molecular complexity index is 241. The number of nitrogens with two attached hydrogens (primary N) is 1. The highest BCUT2D eigenvalue weighted by Crippen LogP contribution is 2.26. The number of nitrogens with one attached hydrogen (secondary N) is 1. The Balaban J connectivity index is 2.17. The van der Waals surface area contributed by atoms with Gasteiger partial charge in [0, 0.05) is 13.1 Å². The van der Waals surface area contributed by atoms with Gasteiger partial charge in [0.1, 0.15) is 0 Å². The van der Waals surface area contributed by atoms with Gasteiger partial charge in [0.25, 0.3) is 0 Å². The molecule has 2 heterocycles. The first-order valence-electron chi connectivity index (χ1n) is 4.03. The zero-order valence-electron chi connectivity index (χ0n) is 6.62. The highest BCUT2D eigenvalue weighted by Gasteiger charge is 2.44. The number of imide groups is 1. The van der Waals surface area contributed by atoms with Crippen LogP contribution in [0.5, 0.6) is 0 Å². The first-order chi connectivity index (χ1) is 5.68. The van der Waals surface area contributed by atoms with Crippen LogP contribution in [0.1, 0.15) is 6.42 Å². The fraction of sp³-hybridized carbons (Fsp3) is 0.714. The van der Waals surface area contributed by atoms with Gasteiger partial charge in [0.2, 0.25) is 11.8 Å². The lowest BCUT2D eigenvalue weighted by Crippen LogP contribution is -2.45. The van der Waals surface area contributed by atoms with Crippen molar-refractivity contribution < 1.29 is 9.59 Å². The van der Waals surface area contributed by atoms with Gasteiger partial charge in [-0.1, -0.05) is 0 Å². The highest BCUT2D eigenvalue weighted by atomic mass is 16.2. The van der Waals surface area contributed by atoms with Crippen LogP contribution in [0.15, 0.2) is 0 Å². The molecule has 0 aliphatic carbocycles. The second-order valence-corrected chi connectivity index (χ2v) is 3.35. The molecule has 5 heteroatoms. The molecule has 0 radical (unpaired) electrons. The number of carbonyl (C=O) groups excluding carboxylic acids is 2. The molecule has 0 saturated carbocycles. The van der Waals surface area contributed by atoms with Crippen molar-refractivity contribution >= 4 is 11.8 Å². The lowest BCUT2D eigenvalue weighted by molar-refractivity contribution is -0.126. The van der Waals surface area contributed by atoms with Crippen LogP contribution in [-0.2, 0) is 9.59 Å². The van der Waals surface area contributed by atoms with E-state index in [1.165, 1.54) is 0 Å². The number of amides is 2. The molecule has 5 nitrogen and oxygen atoms in total. The zero-order valence-corrected chi connectivity index (χ0v) is 6.62. The number of rotatable bonds is 0. The van der Waals surface area contributed by atoms with E-state index in [1.807, 2.05) is 0 Å². The molecule has 0 spiro atoms. The lowest BCUT2D eigenvalue weighted by atomic mass is 9.88. The average Bonchev–Trinajstić information content (AvgIpc) is 2.28. The summed E-state index contributed by atoms with van der Waals surface area (Å²) in [5.74, 6) is 4.91. The summed E-state index contributed by atoms with van der Waals surface area (Å²) in [6, 6.07) is 0. The number of nitrogens with zero attached hydrogens (tertiary/aromatic N) is 1. The molecule has 2 amide bonds. The highest BCUT2D eigenvalue weighted by molar-refractivity contribution is 6.05. The van der Waals surface area contributed by atoms with Crippen molar-refractivity contribution in [2.45, 2.75) is 6.42 Å². The minimum atomic E-state index is -0.212. The van der Waals surface area contributed by atoms with Crippen molar-refractivity contribution in [3.8, 4) is 0 Å². The maximum atomic E-state index is 11.2. The molecule has 2 fully saturated rings. The number of hydrogen-bond donors (Lipinski definition) is 2. The Kier molecular flexibility index (Phi) is 1.62. The minimum Gasteiger partial charge on any atom is -0.296 e. The van der Waals surface area contributed by atoms with Crippen molar-refractivity contribution in [2.24, 2.45) is 17.7 Å². The molecule has 2 atom stereocenters. The molecule has 0 unspecified atom stereocenters. The van der Waals surface area contributed by atoms with Crippen molar-refractivity contribution in [1.82, 2.24) is 10.3 Å². The smallest absolute Gasteiger partial charge is 0.231 e. The van der Waals surface area contributed by atoms with Crippen LogP contribution in [-0.4, -0.2) is 29.9 Å². The van der Waals surface area contributed by atoms with Gasteiger partial charge in [-0.3, -0.25) is 20.7 Å². The molecule has 12 heavy (non-hydrogen) atoms. The molecular weight excluding hydrogens is 158 g/mol. The third-order valence-electron chi connectivity index (χ3n) is 2.56. The molecule has 66 valence electrons. The Morgan fingerprint density at radius 1 is 1.33 bits per heavy atom. The van der Waals surface area contributed by atoms with E-state index in [1.54, 1.807) is 5.01 Å². The average molecular weight is 169 g/mol. The van der Waals surface area contributed by atoms with E-state index in [4.69, 9.17) is 5.84 Å². The number of piperidine rings is 1. The normalized spacial score (nSPS) is 36.4. The van der Waals surface area contributed by atoms with Crippen molar-refractivity contribution in [1.29, 1.82) is 0 Å². The molecular formula is C7H11N3O2. The van der Waals surface area contributed by atoms with Crippen LogP contribution < -0.4 is 11.2 Å². The van der Waals surface area contributed by atoms with E-state index >= 15 is 0 Å². The third-order valence-corrected chi connectivity index (χ3v) is 2.56. The predicted octanol–water partition coefficient (Wildman–Crippen LogP) is -1.55. The summed E-state index contributed by atoms with van der Waals surface area (Å²) < 4.78 is 0. The molecule has 0 aromatic carbocycles. The molecule has 0 aromatic rings. The van der Waals surface area contributed by atoms with Crippen LogP contribution in [0, 0.1) is 11.8 Å². The van der Waals surface area contributed by atoms with Crippen molar-refractivity contribution in [3.05, 3.63) is 0 Å². The molecule has 2 saturated heterocycles. The quantitative estimate of drug-likeness (QED) is 0.340. The monoisotopic (exact) mass is 169 g/mol. The van der Waals surface area contributed by atoms with Crippen LogP contribution in [0.25, 0.3) is 0 Å². The van der Waals surface area contributed by atoms with Gasteiger partial charge in [0.05, 0.1) is 11.8 Å². The van der Waals surface area contributed by atoms with Gasteiger partial charge < -0.3 is 0 Å². The SMILES string of the molecule is NN1CC[C@H]2C(=O)NC(=O)[C@H]2C1. The predicted molar refractivity (Wildman–Crippen MR) is 40.5 cm³/mol. The molecule has 3 N–H and O–H groups in total. The first kappa shape index (κ1) is 7.70. The van der Waals surface area contributed by atoms with E-state index in [-0.39, 0.29) is 23.7 Å². The maximum Gasteiger partial charge on any atom is 0.231 e. The van der Waals surface area contributed by atoms with Crippen LogP contribution in [0.4, 0.5) is 0 Å². The van der Waals surface area contributed by atoms with Gasteiger partial charge in [0.15, 0.2) is 0 Å². The van der Waals surface area contributed by atoms with Gasteiger partial charge in [-0.2, -0.15) is 0 Å². The summed E-state index contributed by atoms with van der Waals surface area (Å²) in [5.41, 5.74) is 0. The Labute approximate surface area is 69.9 Å². The van der Waals surface area contributed by atoms with E-state index in [0.29, 0.717) is 19.5 Å². The summed E-state index contributed by atoms with van der Waals surface area (Å²) in [7, 11) is 0.